The van der Waals surface area contributed by atoms with E-state index in [1.807, 2.05) is 18.0 Å². The third-order valence-electron chi connectivity index (χ3n) is 3.80. The molecule has 0 amide bonds. The Morgan fingerprint density at radius 2 is 2.36 bits per heavy atom. The molecule has 0 bridgehead atoms. The average molecular weight is 303 g/mol. The van der Waals surface area contributed by atoms with Crippen LogP contribution >= 0.6 is 0 Å². The van der Waals surface area contributed by atoms with Crippen molar-refractivity contribution in [3.8, 4) is 0 Å². The van der Waals surface area contributed by atoms with Crippen molar-refractivity contribution >= 4 is 5.96 Å². The van der Waals surface area contributed by atoms with Crippen LogP contribution < -0.4 is 5.32 Å². The van der Waals surface area contributed by atoms with E-state index in [1.54, 1.807) is 13.3 Å². The van der Waals surface area contributed by atoms with E-state index in [4.69, 9.17) is 4.52 Å². The molecular formula is C14H21N7O. The number of fused-ring (bicyclic) bond motifs is 1. The fraction of sp³-hybridized carbons (Fsp3) is 0.571. The molecule has 8 heteroatoms. The fourth-order valence-corrected chi connectivity index (χ4v) is 2.68. The summed E-state index contributed by atoms with van der Waals surface area (Å²) in [5.74, 6) is 2.84. The molecule has 1 aliphatic rings. The Kier molecular flexibility index (Phi) is 4.36. The minimum Gasteiger partial charge on any atom is -0.364 e. The van der Waals surface area contributed by atoms with Gasteiger partial charge in [-0.15, -0.1) is 10.2 Å². The molecule has 1 N–H and O–H groups in total. The molecule has 1 aliphatic heterocycles. The van der Waals surface area contributed by atoms with Crippen molar-refractivity contribution in [1.29, 1.82) is 0 Å². The lowest BCUT2D eigenvalue weighted by atomic mass is 10.2. The molecule has 0 saturated carbocycles. The van der Waals surface area contributed by atoms with Crippen LogP contribution in [0.15, 0.2) is 21.8 Å². The minimum atomic E-state index is 0.614. The number of aryl methyl sites for hydroxylation is 1. The van der Waals surface area contributed by atoms with Gasteiger partial charge in [0.15, 0.2) is 11.8 Å². The van der Waals surface area contributed by atoms with E-state index >= 15 is 0 Å². The summed E-state index contributed by atoms with van der Waals surface area (Å²) >= 11 is 0. The molecule has 0 atom stereocenters. The van der Waals surface area contributed by atoms with Crippen molar-refractivity contribution in [3.63, 3.8) is 0 Å². The summed E-state index contributed by atoms with van der Waals surface area (Å²) in [6.07, 6.45) is 4.99. The van der Waals surface area contributed by atoms with Crippen molar-refractivity contribution in [1.82, 2.24) is 30.1 Å². The van der Waals surface area contributed by atoms with Crippen LogP contribution in [-0.4, -0.2) is 44.9 Å². The van der Waals surface area contributed by atoms with Crippen LogP contribution in [-0.2, 0) is 26.1 Å². The zero-order chi connectivity index (χ0) is 15.4. The second-order valence-corrected chi connectivity index (χ2v) is 5.39. The normalized spacial score (nSPS) is 14.7. The van der Waals surface area contributed by atoms with Crippen molar-refractivity contribution in [2.24, 2.45) is 4.99 Å². The zero-order valence-corrected chi connectivity index (χ0v) is 13.0. The highest BCUT2D eigenvalue weighted by atomic mass is 16.5. The van der Waals surface area contributed by atoms with Gasteiger partial charge in [0.1, 0.15) is 17.8 Å². The van der Waals surface area contributed by atoms with Crippen LogP contribution in [0.2, 0.25) is 0 Å². The van der Waals surface area contributed by atoms with Crippen molar-refractivity contribution in [2.75, 3.05) is 14.1 Å². The molecular weight excluding hydrogens is 282 g/mol. The Morgan fingerprint density at radius 1 is 1.45 bits per heavy atom. The maximum atomic E-state index is 4.85. The van der Waals surface area contributed by atoms with Gasteiger partial charge in [0.2, 0.25) is 0 Å². The number of aromatic nitrogens is 4. The van der Waals surface area contributed by atoms with Crippen LogP contribution in [0.1, 0.15) is 30.2 Å². The molecule has 0 radical (unpaired) electrons. The quantitative estimate of drug-likeness (QED) is 0.664. The summed E-state index contributed by atoms with van der Waals surface area (Å²) in [5, 5.41) is 15.8. The van der Waals surface area contributed by atoms with E-state index < -0.39 is 0 Å². The van der Waals surface area contributed by atoms with Gasteiger partial charge >= 0.3 is 0 Å². The number of rotatable bonds is 4. The highest BCUT2D eigenvalue weighted by Gasteiger charge is 2.16. The second kappa shape index (κ2) is 6.59. The van der Waals surface area contributed by atoms with E-state index in [1.165, 1.54) is 12.8 Å². The van der Waals surface area contributed by atoms with E-state index in [-0.39, 0.29) is 0 Å². The Balaban J connectivity index is 1.60. The van der Waals surface area contributed by atoms with E-state index in [0.717, 1.165) is 36.3 Å². The van der Waals surface area contributed by atoms with Gasteiger partial charge in [-0.05, 0) is 12.8 Å². The molecule has 22 heavy (non-hydrogen) atoms. The fourth-order valence-electron chi connectivity index (χ4n) is 2.68. The Morgan fingerprint density at radius 3 is 3.14 bits per heavy atom. The molecule has 3 heterocycles. The Hall–Kier alpha value is -2.38. The predicted molar refractivity (Wildman–Crippen MR) is 81.1 cm³/mol. The van der Waals surface area contributed by atoms with Gasteiger partial charge in [-0.2, -0.15) is 0 Å². The van der Waals surface area contributed by atoms with Crippen molar-refractivity contribution < 1.29 is 4.52 Å². The maximum absolute atomic E-state index is 4.85. The first-order valence-corrected chi connectivity index (χ1v) is 7.50. The van der Waals surface area contributed by atoms with Crippen LogP contribution in [0.25, 0.3) is 0 Å². The average Bonchev–Trinajstić information content (AvgIpc) is 3.18. The molecule has 2 aromatic heterocycles. The van der Waals surface area contributed by atoms with E-state index in [0.29, 0.717) is 13.1 Å². The third-order valence-corrected chi connectivity index (χ3v) is 3.80. The molecule has 0 fully saturated rings. The van der Waals surface area contributed by atoms with Crippen LogP contribution in [0.4, 0.5) is 0 Å². The van der Waals surface area contributed by atoms with E-state index in [9.17, 15) is 0 Å². The molecule has 0 spiro atoms. The van der Waals surface area contributed by atoms with E-state index in [2.05, 4.69) is 30.2 Å². The highest BCUT2D eigenvalue weighted by Crippen LogP contribution is 2.14. The molecule has 118 valence electrons. The van der Waals surface area contributed by atoms with Crippen LogP contribution in [0.5, 0.6) is 0 Å². The summed E-state index contributed by atoms with van der Waals surface area (Å²) in [7, 11) is 3.73. The smallest absolute Gasteiger partial charge is 0.194 e. The van der Waals surface area contributed by atoms with Gasteiger partial charge in [-0.1, -0.05) is 5.16 Å². The van der Waals surface area contributed by atoms with Crippen molar-refractivity contribution in [2.45, 2.75) is 38.9 Å². The van der Waals surface area contributed by atoms with Crippen molar-refractivity contribution in [3.05, 3.63) is 29.7 Å². The summed E-state index contributed by atoms with van der Waals surface area (Å²) in [6.45, 7) is 2.25. The number of nitrogens with one attached hydrogen (secondary N) is 1. The molecule has 0 aliphatic carbocycles. The first-order valence-electron chi connectivity index (χ1n) is 7.50. The minimum absolute atomic E-state index is 0.614. The Bertz CT molecular complexity index is 632. The molecule has 0 unspecified atom stereocenters. The number of hydrogen-bond acceptors (Lipinski definition) is 5. The monoisotopic (exact) mass is 303 g/mol. The first kappa shape index (κ1) is 14.6. The largest absolute Gasteiger partial charge is 0.364 e. The molecule has 8 nitrogen and oxygen atoms in total. The Labute approximate surface area is 129 Å². The van der Waals surface area contributed by atoms with Crippen LogP contribution in [0.3, 0.4) is 0 Å². The van der Waals surface area contributed by atoms with Gasteiger partial charge in [0, 0.05) is 33.1 Å². The summed E-state index contributed by atoms with van der Waals surface area (Å²) in [6, 6.07) is 1.85. The summed E-state index contributed by atoms with van der Waals surface area (Å²) in [5.41, 5.74) is 0.866. The molecule has 0 saturated heterocycles. The number of hydrogen-bond donors (Lipinski definition) is 1. The maximum Gasteiger partial charge on any atom is 0.194 e. The zero-order valence-electron chi connectivity index (χ0n) is 13.0. The third kappa shape index (κ3) is 3.10. The van der Waals surface area contributed by atoms with Gasteiger partial charge in [0.25, 0.3) is 0 Å². The first-order chi connectivity index (χ1) is 10.8. The standard InChI is InChI=1S/C14H21N7O/c1-15-14(20(2)10-11-6-8-22-19-11)16-9-13-18-17-12-5-3-4-7-21(12)13/h6,8H,3-5,7,9-10H2,1-2H3,(H,15,16). The molecule has 3 rings (SSSR count). The number of aliphatic imine (C=N–C) groups is 1. The second-order valence-electron chi connectivity index (χ2n) is 5.39. The predicted octanol–water partition coefficient (Wildman–Crippen LogP) is 0.810. The van der Waals surface area contributed by atoms with Gasteiger partial charge < -0.3 is 19.3 Å². The number of guanidine groups is 1. The highest BCUT2D eigenvalue weighted by molar-refractivity contribution is 5.79. The SMILES string of the molecule is CN=C(NCc1nnc2n1CCCC2)N(C)Cc1ccon1. The number of nitrogens with zero attached hydrogens (tertiary/aromatic N) is 6. The summed E-state index contributed by atoms with van der Waals surface area (Å²) < 4.78 is 7.06. The van der Waals surface area contributed by atoms with Gasteiger partial charge in [-0.25, -0.2) is 0 Å². The molecule has 0 aromatic carbocycles. The lowest BCUT2D eigenvalue weighted by Crippen LogP contribution is -2.38. The molecule has 2 aromatic rings. The van der Waals surface area contributed by atoms with Gasteiger partial charge in [-0.3, -0.25) is 4.99 Å². The topological polar surface area (TPSA) is 84.4 Å². The summed E-state index contributed by atoms with van der Waals surface area (Å²) in [4.78, 5) is 6.29. The van der Waals surface area contributed by atoms with Gasteiger partial charge in [0.05, 0.1) is 13.1 Å². The lowest BCUT2D eigenvalue weighted by molar-refractivity contribution is 0.390. The lowest BCUT2D eigenvalue weighted by Gasteiger charge is -2.21. The van der Waals surface area contributed by atoms with Crippen LogP contribution in [0, 0.1) is 0 Å².